The van der Waals surface area contributed by atoms with Gasteiger partial charge in [0.1, 0.15) is 0 Å². The lowest BCUT2D eigenvalue weighted by molar-refractivity contribution is -0.123. The number of halogens is 1. The van der Waals surface area contributed by atoms with Gasteiger partial charge < -0.3 is 14.6 Å². The van der Waals surface area contributed by atoms with Crippen molar-refractivity contribution in [2.24, 2.45) is 0 Å². The summed E-state index contributed by atoms with van der Waals surface area (Å²) < 4.78 is 9.73. The van der Waals surface area contributed by atoms with Crippen LogP contribution in [0.15, 0.2) is 28.9 Å². The first kappa shape index (κ1) is 15.0. The van der Waals surface area contributed by atoms with Crippen molar-refractivity contribution in [3.8, 4) is 0 Å². The van der Waals surface area contributed by atoms with Crippen LogP contribution in [0.2, 0.25) is 5.15 Å². The molecule has 0 radical (unpaired) electrons. The molecule has 0 aliphatic rings. The molecular weight excluding hydrogens is 298 g/mol. The van der Waals surface area contributed by atoms with E-state index in [9.17, 15) is 9.59 Å². The molecule has 0 bridgehead atoms. The van der Waals surface area contributed by atoms with Crippen LogP contribution in [0.1, 0.15) is 23.2 Å². The second-order valence-corrected chi connectivity index (χ2v) is 4.57. The third-order valence-corrected chi connectivity index (χ3v) is 2.80. The molecule has 0 spiro atoms. The normalized spacial score (nSPS) is 11.8. The molecule has 8 heteroatoms. The van der Waals surface area contributed by atoms with Crippen molar-refractivity contribution in [3.63, 3.8) is 0 Å². The van der Waals surface area contributed by atoms with Gasteiger partial charge in [0.25, 0.3) is 5.91 Å². The fourth-order valence-electron chi connectivity index (χ4n) is 1.45. The molecule has 2 rings (SSSR count). The summed E-state index contributed by atoms with van der Waals surface area (Å²) >= 11 is 5.82. The van der Waals surface area contributed by atoms with Crippen molar-refractivity contribution in [3.05, 3.63) is 41.0 Å². The quantitative estimate of drug-likeness (QED) is 0.687. The average Bonchev–Trinajstić information content (AvgIpc) is 2.88. The molecule has 0 fully saturated rings. The number of esters is 1. The van der Waals surface area contributed by atoms with E-state index in [0.29, 0.717) is 11.4 Å². The number of carbonyl (C=O) groups excluding carboxylic acids is 2. The third-order valence-electron chi connectivity index (χ3n) is 2.50. The Hall–Kier alpha value is -2.41. The molecule has 7 nitrogen and oxygen atoms in total. The van der Waals surface area contributed by atoms with Gasteiger partial charge in [0.2, 0.25) is 5.76 Å². The van der Waals surface area contributed by atoms with E-state index in [2.05, 4.69) is 15.5 Å². The lowest BCUT2D eigenvalue weighted by Crippen LogP contribution is -2.30. The minimum absolute atomic E-state index is 0.0634. The largest absolute Gasteiger partial charge is 0.447 e. The van der Waals surface area contributed by atoms with Crippen LogP contribution in [0.4, 0.5) is 5.69 Å². The highest BCUT2D eigenvalue weighted by Gasteiger charge is 2.22. The van der Waals surface area contributed by atoms with Gasteiger partial charge in [-0.2, -0.15) is 0 Å². The Balaban J connectivity index is 1.97. The van der Waals surface area contributed by atoms with E-state index in [0.717, 1.165) is 0 Å². The maximum atomic E-state index is 11.9. The van der Waals surface area contributed by atoms with Gasteiger partial charge in [-0.15, -0.1) is 0 Å². The van der Waals surface area contributed by atoms with Crippen molar-refractivity contribution in [1.82, 2.24) is 10.1 Å². The zero-order valence-corrected chi connectivity index (χ0v) is 12.0. The van der Waals surface area contributed by atoms with E-state index in [-0.39, 0.29) is 10.9 Å². The number of anilines is 1. The van der Waals surface area contributed by atoms with Crippen LogP contribution in [0.3, 0.4) is 0 Å². The van der Waals surface area contributed by atoms with E-state index < -0.39 is 18.0 Å². The molecular formula is C13H12ClN3O4. The molecule has 0 aromatic carbocycles. The first-order valence-electron chi connectivity index (χ1n) is 6.03. The van der Waals surface area contributed by atoms with Crippen LogP contribution < -0.4 is 5.32 Å². The Bertz CT molecular complexity index is 671. The number of pyridine rings is 1. The van der Waals surface area contributed by atoms with E-state index >= 15 is 0 Å². The molecule has 0 unspecified atom stereocenters. The summed E-state index contributed by atoms with van der Waals surface area (Å²) in [7, 11) is 0. The molecule has 21 heavy (non-hydrogen) atoms. The van der Waals surface area contributed by atoms with Gasteiger partial charge in [-0.05, 0) is 26.0 Å². The number of nitrogens with one attached hydrogen (secondary N) is 1. The monoisotopic (exact) mass is 309 g/mol. The number of carbonyl (C=O) groups is 2. The summed E-state index contributed by atoms with van der Waals surface area (Å²) in [6.07, 6.45) is 0.465. The minimum atomic E-state index is -1.03. The van der Waals surface area contributed by atoms with Crippen molar-refractivity contribution in [2.45, 2.75) is 20.0 Å². The molecule has 1 atom stereocenters. The van der Waals surface area contributed by atoms with Gasteiger partial charge in [0.05, 0.1) is 11.4 Å². The zero-order chi connectivity index (χ0) is 15.4. The average molecular weight is 310 g/mol. The minimum Gasteiger partial charge on any atom is -0.447 e. The fraction of sp³-hybridized carbons (Fsp3) is 0.231. The highest BCUT2D eigenvalue weighted by atomic mass is 35.5. The number of aryl methyl sites for hydroxylation is 1. The molecule has 0 saturated heterocycles. The molecule has 0 aliphatic carbocycles. The highest BCUT2D eigenvalue weighted by molar-refractivity contribution is 6.32. The fourth-order valence-corrected chi connectivity index (χ4v) is 1.61. The highest BCUT2D eigenvalue weighted by Crippen LogP contribution is 2.18. The van der Waals surface area contributed by atoms with Gasteiger partial charge in [-0.25, -0.2) is 9.78 Å². The second kappa shape index (κ2) is 6.36. The van der Waals surface area contributed by atoms with E-state index in [1.165, 1.54) is 19.2 Å². The molecule has 2 aromatic heterocycles. The van der Waals surface area contributed by atoms with Crippen LogP contribution in [0, 0.1) is 6.92 Å². The molecule has 1 amide bonds. The van der Waals surface area contributed by atoms with Gasteiger partial charge in [-0.3, -0.25) is 4.79 Å². The summed E-state index contributed by atoms with van der Waals surface area (Å²) in [5.74, 6) is -1.36. The molecule has 0 saturated carbocycles. The molecule has 2 heterocycles. The maximum absolute atomic E-state index is 11.9. The molecule has 110 valence electrons. The zero-order valence-electron chi connectivity index (χ0n) is 11.3. The van der Waals surface area contributed by atoms with Crippen LogP contribution >= 0.6 is 11.6 Å². The Morgan fingerprint density at radius 2 is 2.24 bits per heavy atom. The molecule has 2 aromatic rings. The van der Waals surface area contributed by atoms with Crippen molar-refractivity contribution in [1.29, 1.82) is 0 Å². The van der Waals surface area contributed by atoms with Gasteiger partial charge in [0, 0.05) is 12.3 Å². The van der Waals surface area contributed by atoms with Crippen molar-refractivity contribution in [2.75, 3.05) is 5.32 Å². The van der Waals surface area contributed by atoms with Crippen LogP contribution in [0.5, 0.6) is 0 Å². The third kappa shape index (κ3) is 3.79. The predicted molar refractivity (Wildman–Crippen MR) is 74.0 cm³/mol. The van der Waals surface area contributed by atoms with Gasteiger partial charge >= 0.3 is 5.97 Å². The smallest absolute Gasteiger partial charge is 0.377 e. The van der Waals surface area contributed by atoms with E-state index in [4.69, 9.17) is 20.9 Å². The second-order valence-electron chi connectivity index (χ2n) is 4.21. The number of hydrogen-bond acceptors (Lipinski definition) is 6. The summed E-state index contributed by atoms with van der Waals surface area (Å²) in [6, 6.07) is 4.63. The first-order valence-corrected chi connectivity index (χ1v) is 6.41. The summed E-state index contributed by atoms with van der Waals surface area (Å²) in [5, 5.41) is 6.23. The Morgan fingerprint density at radius 3 is 2.86 bits per heavy atom. The number of hydrogen-bond donors (Lipinski definition) is 1. The van der Waals surface area contributed by atoms with Crippen LogP contribution in [0.25, 0.3) is 0 Å². The lowest BCUT2D eigenvalue weighted by atomic mass is 10.3. The van der Waals surface area contributed by atoms with Gasteiger partial charge in [-0.1, -0.05) is 16.8 Å². The van der Waals surface area contributed by atoms with Crippen LogP contribution in [-0.2, 0) is 9.53 Å². The Kier molecular flexibility index (Phi) is 4.54. The standard InChI is InChI=1S/C13H12ClN3O4/c1-7-6-10(21-17-7)13(19)20-8(2)12(18)16-9-4-3-5-15-11(9)14/h3-6,8H,1-2H3,(H,16,18)/t8-/m1/s1. The lowest BCUT2D eigenvalue weighted by Gasteiger charge is -2.12. The SMILES string of the molecule is Cc1cc(C(=O)O[C@H](C)C(=O)Nc2cccnc2Cl)on1. The number of amides is 1. The summed E-state index contributed by atoms with van der Waals surface area (Å²) in [5.41, 5.74) is 0.878. The number of rotatable bonds is 4. The summed E-state index contributed by atoms with van der Waals surface area (Å²) in [6.45, 7) is 3.10. The Labute approximate surface area is 125 Å². The number of ether oxygens (including phenoxy) is 1. The Morgan fingerprint density at radius 1 is 1.48 bits per heavy atom. The maximum Gasteiger partial charge on any atom is 0.377 e. The van der Waals surface area contributed by atoms with Crippen LogP contribution in [-0.4, -0.2) is 28.1 Å². The van der Waals surface area contributed by atoms with Gasteiger partial charge in [0.15, 0.2) is 11.3 Å². The van der Waals surface area contributed by atoms with Crippen molar-refractivity contribution < 1.29 is 18.8 Å². The number of aromatic nitrogens is 2. The summed E-state index contributed by atoms with van der Waals surface area (Å²) in [4.78, 5) is 27.5. The first-order chi connectivity index (χ1) is 9.97. The van der Waals surface area contributed by atoms with Crippen molar-refractivity contribution >= 4 is 29.2 Å². The van der Waals surface area contributed by atoms with E-state index in [1.807, 2.05) is 0 Å². The van der Waals surface area contributed by atoms with E-state index in [1.54, 1.807) is 19.1 Å². The molecule has 0 aliphatic heterocycles. The molecule has 1 N–H and O–H groups in total. The predicted octanol–water partition coefficient (Wildman–Crippen LogP) is 2.22. The number of nitrogens with zero attached hydrogens (tertiary/aromatic N) is 2. The topological polar surface area (TPSA) is 94.3 Å².